The summed E-state index contributed by atoms with van der Waals surface area (Å²) in [6.45, 7) is 1.52. The van der Waals surface area contributed by atoms with Crippen LogP contribution in [-0.2, 0) is 19.4 Å². The van der Waals surface area contributed by atoms with Crippen molar-refractivity contribution in [2.75, 3.05) is 6.54 Å². The van der Waals surface area contributed by atoms with Crippen molar-refractivity contribution in [1.82, 2.24) is 25.1 Å². The largest absolute Gasteiger partial charge is 0.350 e. The maximum Gasteiger partial charge on any atom is 0.270 e. The maximum absolute atomic E-state index is 12.4. The molecule has 26 heavy (non-hydrogen) atoms. The first kappa shape index (κ1) is 16.9. The number of fused-ring (bicyclic) bond motifs is 1. The van der Waals surface area contributed by atoms with E-state index in [4.69, 9.17) is 0 Å². The molecule has 0 unspecified atom stereocenters. The fourth-order valence-electron chi connectivity index (χ4n) is 3.20. The molecule has 0 spiro atoms. The topological polar surface area (TPSA) is 72.7 Å². The van der Waals surface area contributed by atoms with Crippen LogP contribution in [0.25, 0.3) is 10.6 Å². The van der Waals surface area contributed by atoms with Crippen LogP contribution in [0.15, 0.2) is 35.7 Å². The van der Waals surface area contributed by atoms with E-state index in [1.54, 1.807) is 5.38 Å². The molecule has 0 atom stereocenters. The summed E-state index contributed by atoms with van der Waals surface area (Å²) < 4.78 is 2.22. The van der Waals surface area contributed by atoms with Crippen molar-refractivity contribution >= 4 is 17.2 Å². The summed E-state index contributed by atoms with van der Waals surface area (Å²) in [5, 5.41) is 14.2. The maximum atomic E-state index is 12.4. The van der Waals surface area contributed by atoms with Gasteiger partial charge in [-0.25, -0.2) is 4.98 Å². The Bertz CT molecular complexity index is 886. The van der Waals surface area contributed by atoms with E-state index in [1.807, 2.05) is 30.3 Å². The minimum absolute atomic E-state index is 0.140. The molecule has 4 rings (SSSR count). The summed E-state index contributed by atoms with van der Waals surface area (Å²) >= 11 is 1.48. The molecule has 0 saturated heterocycles. The standard InChI is InChI=1S/C19H21N5OS/c25-18(15-13-26-19(21-15)14-7-3-1-4-8-14)20-11-10-17-23-22-16-9-5-2-6-12-24(16)17/h1,3-4,7-8,13H,2,5-6,9-12H2,(H,20,25). The minimum Gasteiger partial charge on any atom is -0.350 e. The number of carbonyl (C=O) groups is 1. The van der Waals surface area contributed by atoms with E-state index < -0.39 is 0 Å². The number of nitrogens with zero attached hydrogens (tertiary/aromatic N) is 4. The summed E-state index contributed by atoms with van der Waals surface area (Å²) in [7, 11) is 0. The van der Waals surface area contributed by atoms with E-state index >= 15 is 0 Å². The van der Waals surface area contributed by atoms with Crippen LogP contribution in [0.2, 0.25) is 0 Å². The van der Waals surface area contributed by atoms with Gasteiger partial charge in [-0.3, -0.25) is 4.79 Å². The summed E-state index contributed by atoms with van der Waals surface area (Å²) in [5.41, 5.74) is 1.50. The highest BCUT2D eigenvalue weighted by atomic mass is 32.1. The molecular weight excluding hydrogens is 346 g/mol. The third-order valence-corrected chi connectivity index (χ3v) is 5.47. The quantitative estimate of drug-likeness (QED) is 0.752. The Labute approximate surface area is 156 Å². The zero-order chi connectivity index (χ0) is 17.8. The first-order valence-corrected chi connectivity index (χ1v) is 9.89. The van der Waals surface area contributed by atoms with Gasteiger partial charge < -0.3 is 9.88 Å². The van der Waals surface area contributed by atoms with Gasteiger partial charge in [-0.05, 0) is 12.8 Å². The molecule has 3 aromatic rings. The Morgan fingerprint density at radius 1 is 1.15 bits per heavy atom. The van der Waals surface area contributed by atoms with Crippen molar-refractivity contribution in [3.8, 4) is 10.6 Å². The molecule has 0 fully saturated rings. The number of hydrogen-bond acceptors (Lipinski definition) is 5. The normalized spacial score (nSPS) is 13.8. The predicted octanol–water partition coefficient (Wildman–Crippen LogP) is 3.10. The van der Waals surface area contributed by atoms with Crippen LogP contribution in [0.5, 0.6) is 0 Å². The van der Waals surface area contributed by atoms with Crippen LogP contribution in [0, 0.1) is 0 Å². The number of aryl methyl sites for hydroxylation is 1. The van der Waals surface area contributed by atoms with Crippen molar-refractivity contribution in [2.24, 2.45) is 0 Å². The predicted molar refractivity (Wildman–Crippen MR) is 101 cm³/mol. The number of nitrogens with one attached hydrogen (secondary N) is 1. The van der Waals surface area contributed by atoms with Crippen molar-refractivity contribution in [3.05, 3.63) is 53.1 Å². The molecule has 6 nitrogen and oxygen atoms in total. The number of benzene rings is 1. The first-order chi connectivity index (χ1) is 12.8. The van der Waals surface area contributed by atoms with Gasteiger partial charge in [0.25, 0.3) is 5.91 Å². The van der Waals surface area contributed by atoms with Gasteiger partial charge in [0.15, 0.2) is 0 Å². The second kappa shape index (κ2) is 7.78. The van der Waals surface area contributed by atoms with E-state index in [2.05, 4.69) is 25.1 Å². The van der Waals surface area contributed by atoms with E-state index in [1.165, 1.54) is 30.6 Å². The molecule has 2 aromatic heterocycles. The highest BCUT2D eigenvalue weighted by Crippen LogP contribution is 2.23. The van der Waals surface area contributed by atoms with Gasteiger partial charge in [-0.15, -0.1) is 21.5 Å². The molecule has 0 radical (unpaired) electrons. The summed E-state index contributed by atoms with van der Waals surface area (Å²) in [4.78, 5) is 16.8. The highest BCUT2D eigenvalue weighted by molar-refractivity contribution is 7.13. The zero-order valence-corrected chi connectivity index (χ0v) is 15.3. The molecule has 1 amide bonds. The van der Waals surface area contributed by atoms with Crippen molar-refractivity contribution in [2.45, 2.75) is 38.6 Å². The SMILES string of the molecule is O=C(NCCc1nnc2n1CCCCC2)c1csc(-c2ccccc2)n1. The Morgan fingerprint density at radius 3 is 2.92 bits per heavy atom. The number of hydrogen-bond donors (Lipinski definition) is 1. The Balaban J connectivity index is 1.35. The van der Waals surface area contributed by atoms with Crippen LogP contribution >= 0.6 is 11.3 Å². The Morgan fingerprint density at radius 2 is 2.04 bits per heavy atom. The van der Waals surface area contributed by atoms with Crippen molar-refractivity contribution in [1.29, 1.82) is 0 Å². The van der Waals surface area contributed by atoms with Crippen molar-refractivity contribution < 1.29 is 4.79 Å². The van der Waals surface area contributed by atoms with E-state index in [-0.39, 0.29) is 5.91 Å². The number of rotatable bonds is 5. The van der Waals surface area contributed by atoms with Gasteiger partial charge in [0, 0.05) is 36.9 Å². The number of thiazole rings is 1. The number of amides is 1. The summed E-state index contributed by atoms with van der Waals surface area (Å²) in [6.07, 6.45) is 5.29. The van der Waals surface area contributed by atoms with Crippen LogP contribution in [0.3, 0.4) is 0 Å². The van der Waals surface area contributed by atoms with Gasteiger partial charge in [-0.1, -0.05) is 36.8 Å². The van der Waals surface area contributed by atoms with Gasteiger partial charge in [0.2, 0.25) is 0 Å². The summed E-state index contributed by atoms with van der Waals surface area (Å²) in [6, 6.07) is 9.90. The first-order valence-electron chi connectivity index (χ1n) is 9.01. The molecule has 0 aliphatic carbocycles. The molecule has 7 heteroatoms. The molecule has 3 heterocycles. The lowest BCUT2D eigenvalue weighted by Gasteiger charge is -2.07. The lowest BCUT2D eigenvalue weighted by Crippen LogP contribution is -2.26. The Kier molecular flexibility index (Phi) is 5.06. The second-order valence-corrected chi connectivity index (χ2v) is 7.26. The van der Waals surface area contributed by atoms with Crippen LogP contribution in [-0.4, -0.2) is 32.2 Å². The fourth-order valence-corrected chi connectivity index (χ4v) is 4.01. The fraction of sp³-hybridized carbons (Fsp3) is 0.368. The highest BCUT2D eigenvalue weighted by Gasteiger charge is 2.15. The molecule has 134 valence electrons. The van der Waals surface area contributed by atoms with E-state index in [9.17, 15) is 4.79 Å². The lowest BCUT2D eigenvalue weighted by atomic mass is 10.2. The lowest BCUT2D eigenvalue weighted by molar-refractivity contribution is 0.0949. The van der Waals surface area contributed by atoms with Crippen LogP contribution in [0.4, 0.5) is 0 Å². The van der Waals surface area contributed by atoms with Gasteiger partial charge in [0.1, 0.15) is 22.4 Å². The van der Waals surface area contributed by atoms with Crippen LogP contribution < -0.4 is 5.32 Å². The van der Waals surface area contributed by atoms with E-state index in [0.29, 0.717) is 18.7 Å². The molecule has 1 aliphatic heterocycles. The minimum atomic E-state index is -0.140. The van der Waals surface area contributed by atoms with Crippen LogP contribution in [0.1, 0.15) is 41.4 Å². The van der Waals surface area contributed by atoms with Gasteiger partial charge >= 0.3 is 0 Å². The second-order valence-electron chi connectivity index (χ2n) is 6.40. The average molecular weight is 367 g/mol. The molecule has 0 bridgehead atoms. The molecule has 1 aromatic carbocycles. The average Bonchev–Trinajstić information content (AvgIpc) is 3.24. The molecular formula is C19H21N5OS. The molecule has 1 N–H and O–H groups in total. The third-order valence-electron chi connectivity index (χ3n) is 4.58. The monoisotopic (exact) mass is 367 g/mol. The van der Waals surface area contributed by atoms with Crippen molar-refractivity contribution in [3.63, 3.8) is 0 Å². The van der Waals surface area contributed by atoms with Gasteiger partial charge in [-0.2, -0.15) is 0 Å². The van der Waals surface area contributed by atoms with E-state index in [0.717, 1.165) is 35.2 Å². The molecule has 1 aliphatic rings. The summed E-state index contributed by atoms with van der Waals surface area (Å²) in [5.74, 6) is 1.90. The molecule has 0 saturated carbocycles. The number of aromatic nitrogens is 4. The number of carbonyl (C=O) groups excluding carboxylic acids is 1. The Hall–Kier alpha value is -2.54. The zero-order valence-electron chi connectivity index (χ0n) is 14.5. The third kappa shape index (κ3) is 3.67. The smallest absolute Gasteiger partial charge is 0.270 e. The van der Waals surface area contributed by atoms with Gasteiger partial charge in [0.05, 0.1) is 0 Å².